The molecule has 78 valence electrons. The first kappa shape index (κ1) is 11.3. The molecule has 3 heteroatoms. The van der Waals surface area contributed by atoms with Gasteiger partial charge in [0.2, 0.25) is 0 Å². The third kappa shape index (κ3) is 3.10. The normalized spacial score (nSPS) is 10.5. The van der Waals surface area contributed by atoms with Gasteiger partial charge in [-0.05, 0) is 32.0 Å². The molecule has 0 radical (unpaired) electrons. The molecule has 0 spiro atoms. The highest BCUT2D eigenvalue weighted by Gasteiger charge is 2.17. The van der Waals surface area contributed by atoms with Crippen LogP contribution in [0.4, 0.5) is 4.39 Å². The maximum absolute atomic E-state index is 12.8. The number of nitrogens with one attached hydrogen (secondary N) is 1. The zero-order valence-corrected chi connectivity index (χ0v) is 8.67. The van der Waals surface area contributed by atoms with Gasteiger partial charge in [0, 0.05) is 5.56 Å². The minimum atomic E-state index is -0.733. The van der Waals surface area contributed by atoms with Gasteiger partial charge in [-0.2, -0.15) is 0 Å². The number of hydrogen-bond donors (Lipinski definition) is 1. The minimum Gasteiger partial charge on any atom is -0.336 e. The lowest BCUT2D eigenvalue weighted by molar-refractivity contribution is 0.0929. The van der Waals surface area contributed by atoms with Crippen LogP contribution in [0, 0.1) is 18.2 Å². The van der Waals surface area contributed by atoms with E-state index in [2.05, 4.69) is 11.2 Å². The molecule has 0 atom stereocenters. The van der Waals surface area contributed by atoms with Crippen LogP contribution >= 0.6 is 0 Å². The van der Waals surface area contributed by atoms with E-state index in [-0.39, 0.29) is 11.5 Å². The zero-order valence-electron chi connectivity index (χ0n) is 8.67. The van der Waals surface area contributed by atoms with Crippen molar-refractivity contribution in [2.24, 2.45) is 0 Å². The lowest BCUT2D eigenvalue weighted by Gasteiger charge is -2.19. The average molecular weight is 205 g/mol. The van der Waals surface area contributed by atoms with Crippen LogP contribution in [0.2, 0.25) is 0 Å². The molecule has 0 saturated carbocycles. The topological polar surface area (TPSA) is 29.1 Å². The molecule has 1 amide bonds. The van der Waals surface area contributed by atoms with E-state index >= 15 is 0 Å². The summed E-state index contributed by atoms with van der Waals surface area (Å²) in [6.07, 6.45) is 5.22. The van der Waals surface area contributed by atoms with Gasteiger partial charge in [-0.3, -0.25) is 4.79 Å². The summed E-state index contributed by atoms with van der Waals surface area (Å²) in [5.41, 5.74) is -0.470. The largest absolute Gasteiger partial charge is 0.336 e. The van der Waals surface area contributed by atoms with Crippen molar-refractivity contribution in [3.05, 3.63) is 35.6 Å². The van der Waals surface area contributed by atoms with E-state index in [0.717, 1.165) is 0 Å². The molecule has 1 aromatic carbocycles. The molecule has 1 N–H and O–H groups in total. The van der Waals surface area contributed by atoms with Crippen molar-refractivity contribution in [3.63, 3.8) is 0 Å². The second-order valence-corrected chi connectivity index (χ2v) is 3.73. The van der Waals surface area contributed by atoms with Crippen molar-refractivity contribution in [2.45, 2.75) is 19.4 Å². The van der Waals surface area contributed by atoms with Crippen LogP contribution in [0.25, 0.3) is 0 Å². The number of carbonyl (C=O) groups is 1. The Balaban J connectivity index is 2.84. The molecular weight excluding hydrogens is 193 g/mol. The van der Waals surface area contributed by atoms with Crippen LogP contribution < -0.4 is 5.32 Å². The molecule has 1 aromatic rings. The molecule has 0 heterocycles. The summed E-state index contributed by atoms with van der Waals surface area (Å²) in [5.74, 6) is 1.61. The highest BCUT2D eigenvalue weighted by atomic mass is 19.1. The van der Waals surface area contributed by atoms with Gasteiger partial charge in [0.15, 0.2) is 0 Å². The Morgan fingerprint density at radius 2 is 2.20 bits per heavy atom. The number of hydrogen-bond acceptors (Lipinski definition) is 1. The van der Waals surface area contributed by atoms with E-state index in [0.29, 0.717) is 0 Å². The Morgan fingerprint density at radius 1 is 1.53 bits per heavy atom. The highest BCUT2D eigenvalue weighted by molar-refractivity contribution is 5.94. The quantitative estimate of drug-likeness (QED) is 0.735. The molecule has 0 aromatic heterocycles. The second-order valence-electron chi connectivity index (χ2n) is 3.73. The third-order valence-corrected chi connectivity index (χ3v) is 1.87. The van der Waals surface area contributed by atoms with E-state index in [4.69, 9.17) is 6.42 Å². The molecule has 0 saturated heterocycles. The van der Waals surface area contributed by atoms with E-state index < -0.39 is 11.4 Å². The number of terminal acetylenes is 1. The molecule has 0 aliphatic carbocycles. The highest BCUT2D eigenvalue weighted by Crippen LogP contribution is 2.06. The van der Waals surface area contributed by atoms with Crippen LogP contribution in [-0.2, 0) is 0 Å². The van der Waals surface area contributed by atoms with E-state index in [9.17, 15) is 9.18 Å². The average Bonchev–Trinajstić information content (AvgIpc) is 2.17. The molecule has 0 fully saturated rings. The number of halogens is 1. The molecule has 15 heavy (non-hydrogen) atoms. The molecule has 0 aliphatic heterocycles. The van der Waals surface area contributed by atoms with Crippen LogP contribution in [0.15, 0.2) is 24.3 Å². The molecule has 0 aliphatic rings. The fourth-order valence-electron chi connectivity index (χ4n) is 1.02. The monoisotopic (exact) mass is 205 g/mol. The van der Waals surface area contributed by atoms with Crippen LogP contribution in [0.3, 0.4) is 0 Å². The fraction of sp³-hybridized carbons (Fsp3) is 0.250. The van der Waals surface area contributed by atoms with Gasteiger partial charge in [0.25, 0.3) is 5.91 Å². The smallest absolute Gasteiger partial charge is 0.252 e. The predicted molar refractivity (Wildman–Crippen MR) is 56.8 cm³/mol. The van der Waals surface area contributed by atoms with Gasteiger partial charge in [-0.25, -0.2) is 4.39 Å². The number of carbonyl (C=O) groups excluding carboxylic acids is 1. The minimum absolute atomic E-state index is 0.262. The molecule has 0 unspecified atom stereocenters. The van der Waals surface area contributed by atoms with Crippen molar-refractivity contribution in [2.75, 3.05) is 0 Å². The first-order valence-corrected chi connectivity index (χ1v) is 4.50. The first-order chi connectivity index (χ1) is 6.94. The molecule has 1 rings (SSSR count). The van der Waals surface area contributed by atoms with Crippen molar-refractivity contribution in [1.29, 1.82) is 0 Å². The van der Waals surface area contributed by atoms with Crippen LogP contribution in [-0.4, -0.2) is 11.4 Å². The fourth-order valence-corrected chi connectivity index (χ4v) is 1.02. The van der Waals surface area contributed by atoms with E-state index in [1.807, 2.05) is 0 Å². The van der Waals surface area contributed by atoms with Gasteiger partial charge in [-0.15, -0.1) is 6.42 Å². The standard InChI is InChI=1S/C12H12FNO/c1-4-12(2,3)14-11(15)9-6-5-7-10(13)8-9/h1,5-8H,2-3H3,(H,14,15). The summed E-state index contributed by atoms with van der Waals surface area (Å²) in [7, 11) is 0. The Kier molecular flexibility index (Phi) is 3.11. The lowest BCUT2D eigenvalue weighted by atomic mass is 10.1. The Bertz CT molecular complexity index is 418. The van der Waals surface area contributed by atoms with Crippen molar-refractivity contribution in [1.82, 2.24) is 5.32 Å². The number of rotatable bonds is 2. The Morgan fingerprint density at radius 3 is 2.73 bits per heavy atom. The predicted octanol–water partition coefficient (Wildman–Crippen LogP) is 1.97. The number of amides is 1. The third-order valence-electron chi connectivity index (χ3n) is 1.87. The van der Waals surface area contributed by atoms with Crippen LogP contribution in [0.5, 0.6) is 0 Å². The van der Waals surface area contributed by atoms with Gasteiger partial charge in [0.1, 0.15) is 5.82 Å². The summed E-state index contributed by atoms with van der Waals surface area (Å²) >= 11 is 0. The summed E-state index contributed by atoms with van der Waals surface area (Å²) in [6, 6.07) is 5.46. The SMILES string of the molecule is C#CC(C)(C)NC(=O)c1cccc(F)c1. The maximum atomic E-state index is 12.8. The van der Waals surface area contributed by atoms with Crippen LogP contribution in [0.1, 0.15) is 24.2 Å². The second kappa shape index (κ2) is 4.14. The maximum Gasteiger partial charge on any atom is 0.252 e. The van der Waals surface area contributed by atoms with Gasteiger partial charge in [-0.1, -0.05) is 12.0 Å². The van der Waals surface area contributed by atoms with Gasteiger partial charge in [0.05, 0.1) is 5.54 Å². The molecule has 0 bridgehead atoms. The molecular formula is C12H12FNO. The van der Waals surface area contributed by atoms with Crippen molar-refractivity contribution < 1.29 is 9.18 Å². The summed E-state index contributed by atoms with van der Waals surface area (Å²) < 4.78 is 12.8. The van der Waals surface area contributed by atoms with E-state index in [1.54, 1.807) is 13.8 Å². The van der Waals surface area contributed by atoms with E-state index in [1.165, 1.54) is 24.3 Å². The molecule has 2 nitrogen and oxygen atoms in total. The van der Waals surface area contributed by atoms with Gasteiger partial charge < -0.3 is 5.32 Å². The van der Waals surface area contributed by atoms with Crippen molar-refractivity contribution >= 4 is 5.91 Å². The Labute approximate surface area is 88.5 Å². The first-order valence-electron chi connectivity index (χ1n) is 4.50. The summed E-state index contributed by atoms with van der Waals surface area (Å²) in [5, 5.41) is 2.61. The van der Waals surface area contributed by atoms with Gasteiger partial charge >= 0.3 is 0 Å². The summed E-state index contributed by atoms with van der Waals surface area (Å²) in [4.78, 5) is 11.6. The number of benzene rings is 1. The summed E-state index contributed by atoms with van der Waals surface area (Å²) in [6.45, 7) is 3.40. The lowest BCUT2D eigenvalue weighted by Crippen LogP contribution is -2.42. The zero-order chi connectivity index (χ0) is 11.5. The van der Waals surface area contributed by atoms with Crippen molar-refractivity contribution in [3.8, 4) is 12.3 Å². The Hall–Kier alpha value is -1.82.